The quantitative estimate of drug-likeness (QED) is 0.571. The number of nitrogens with one attached hydrogen (secondary N) is 2. The average Bonchev–Trinajstić information content (AvgIpc) is 2.96. The fourth-order valence-corrected chi connectivity index (χ4v) is 5.67. The summed E-state index contributed by atoms with van der Waals surface area (Å²) >= 11 is 2.78. The molecule has 1 atom stereocenters. The largest absolute Gasteiger partial charge is 0.336 e. The van der Waals surface area contributed by atoms with Crippen molar-refractivity contribution in [2.75, 3.05) is 5.75 Å². The molecule has 0 aromatic carbocycles. The first-order chi connectivity index (χ1) is 13.3. The molecule has 0 fully saturated rings. The van der Waals surface area contributed by atoms with Crippen molar-refractivity contribution >= 4 is 45.3 Å². The molecule has 7 nitrogen and oxygen atoms in total. The zero-order valence-corrected chi connectivity index (χ0v) is 18.3. The molecule has 2 aromatic rings. The van der Waals surface area contributed by atoms with Crippen molar-refractivity contribution in [3.63, 3.8) is 0 Å². The van der Waals surface area contributed by atoms with Gasteiger partial charge in [0.25, 0.3) is 5.56 Å². The molecule has 2 N–H and O–H groups in total. The van der Waals surface area contributed by atoms with Crippen LogP contribution in [0.15, 0.2) is 9.95 Å². The standard InChI is InChI=1S/C19H26N4O3S2/c1-5-23-17(25)15-12-7-6-11(4)8-13(12)28-16(15)22-19(23)27-9-14(24)21-18(26)20-10(2)3/h10-11H,5-9H2,1-4H3,(H2,20,21,24,26). The maximum absolute atomic E-state index is 13.1. The van der Waals surface area contributed by atoms with Crippen LogP contribution in [0.4, 0.5) is 4.79 Å². The van der Waals surface area contributed by atoms with Gasteiger partial charge in [-0.1, -0.05) is 18.7 Å². The van der Waals surface area contributed by atoms with Gasteiger partial charge in [0.15, 0.2) is 5.16 Å². The van der Waals surface area contributed by atoms with Gasteiger partial charge in [-0.15, -0.1) is 11.3 Å². The Labute approximate surface area is 172 Å². The highest BCUT2D eigenvalue weighted by molar-refractivity contribution is 7.99. The number of carbonyl (C=O) groups excluding carboxylic acids is 2. The Morgan fingerprint density at radius 2 is 2.14 bits per heavy atom. The van der Waals surface area contributed by atoms with Gasteiger partial charge in [-0.05, 0) is 51.5 Å². The molecule has 1 aliphatic rings. The van der Waals surface area contributed by atoms with Gasteiger partial charge in [0.05, 0.1) is 11.1 Å². The van der Waals surface area contributed by atoms with Crippen LogP contribution in [0.2, 0.25) is 0 Å². The van der Waals surface area contributed by atoms with Crippen molar-refractivity contribution < 1.29 is 9.59 Å². The lowest BCUT2D eigenvalue weighted by Crippen LogP contribution is -2.43. The molecule has 152 valence electrons. The highest BCUT2D eigenvalue weighted by atomic mass is 32.2. The lowest BCUT2D eigenvalue weighted by atomic mass is 9.89. The number of amides is 3. The molecular formula is C19H26N4O3S2. The number of aromatic nitrogens is 2. The topological polar surface area (TPSA) is 93.1 Å². The van der Waals surface area contributed by atoms with Gasteiger partial charge in [-0.2, -0.15) is 0 Å². The molecule has 3 rings (SSSR count). The third kappa shape index (κ3) is 4.41. The summed E-state index contributed by atoms with van der Waals surface area (Å²) in [5, 5.41) is 6.17. The van der Waals surface area contributed by atoms with Gasteiger partial charge >= 0.3 is 6.03 Å². The molecule has 1 aliphatic carbocycles. The van der Waals surface area contributed by atoms with E-state index in [0.717, 1.165) is 35.0 Å². The van der Waals surface area contributed by atoms with Crippen LogP contribution in [0.25, 0.3) is 10.2 Å². The molecule has 28 heavy (non-hydrogen) atoms. The predicted molar refractivity (Wildman–Crippen MR) is 113 cm³/mol. The van der Waals surface area contributed by atoms with E-state index in [1.807, 2.05) is 20.8 Å². The first-order valence-electron chi connectivity index (χ1n) is 9.58. The number of fused-ring (bicyclic) bond motifs is 3. The van der Waals surface area contributed by atoms with Gasteiger partial charge in [0.2, 0.25) is 5.91 Å². The Hall–Kier alpha value is -1.87. The first kappa shape index (κ1) is 20.9. The minimum absolute atomic E-state index is 0.0194. The van der Waals surface area contributed by atoms with Crippen LogP contribution in [0.5, 0.6) is 0 Å². The lowest BCUT2D eigenvalue weighted by Gasteiger charge is -2.17. The molecule has 0 aliphatic heterocycles. The minimum atomic E-state index is -0.517. The minimum Gasteiger partial charge on any atom is -0.336 e. The molecule has 0 spiro atoms. The summed E-state index contributed by atoms with van der Waals surface area (Å²) in [5.74, 6) is 0.230. The molecule has 2 aromatic heterocycles. The fourth-order valence-electron chi connectivity index (χ4n) is 3.38. The van der Waals surface area contributed by atoms with Gasteiger partial charge in [-0.25, -0.2) is 9.78 Å². The van der Waals surface area contributed by atoms with E-state index in [-0.39, 0.29) is 17.4 Å². The second-order valence-corrected chi connectivity index (χ2v) is 9.47. The van der Waals surface area contributed by atoms with E-state index in [9.17, 15) is 14.4 Å². The number of imide groups is 1. The van der Waals surface area contributed by atoms with E-state index in [4.69, 9.17) is 4.98 Å². The summed E-state index contributed by atoms with van der Waals surface area (Å²) in [4.78, 5) is 43.5. The van der Waals surface area contributed by atoms with E-state index in [0.29, 0.717) is 17.6 Å². The number of urea groups is 1. The second-order valence-electron chi connectivity index (χ2n) is 7.44. The lowest BCUT2D eigenvalue weighted by molar-refractivity contribution is -0.117. The molecule has 0 radical (unpaired) electrons. The second kappa shape index (κ2) is 8.65. The third-order valence-electron chi connectivity index (χ3n) is 4.70. The number of rotatable bonds is 5. The Balaban J connectivity index is 1.83. The molecule has 1 unspecified atom stereocenters. The number of hydrogen-bond donors (Lipinski definition) is 2. The normalized spacial score (nSPS) is 16.2. The molecular weight excluding hydrogens is 396 g/mol. The monoisotopic (exact) mass is 422 g/mol. The van der Waals surface area contributed by atoms with Crippen molar-refractivity contribution in [1.82, 2.24) is 20.2 Å². The van der Waals surface area contributed by atoms with Crippen molar-refractivity contribution in [2.24, 2.45) is 5.92 Å². The SMILES string of the molecule is CCn1c(SCC(=O)NC(=O)NC(C)C)nc2sc3c(c2c1=O)CCC(C)C3. The van der Waals surface area contributed by atoms with Crippen LogP contribution in [-0.4, -0.2) is 33.3 Å². The summed E-state index contributed by atoms with van der Waals surface area (Å²) in [6, 6.07) is -0.570. The van der Waals surface area contributed by atoms with E-state index < -0.39 is 11.9 Å². The zero-order valence-electron chi connectivity index (χ0n) is 16.6. The van der Waals surface area contributed by atoms with Crippen LogP contribution >= 0.6 is 23.1 Å². The Morgan fingerprint density at radius 1 is 1.39 bits per heavy atom. The van der Waals surface area contributed by atoms with E-state index in [1.54, 1.807) is 15.9 Å². The predicted octanol–water partition coefficient (Wildman–Crippen LogP) is 2.93. The first-order valence-corrected chi connectivity index (χ1v) is 11.4. The van der Waals surface area contributed by atoms with Crippen LogP contribution in [-0.2, 0) is 24.2 Å². The van der Waals surface area contributed by atoms with Gasteiger partial charge < -0.3 is 5.32 Å². The van der Waals surface area contributed by atoms with E-state index in [1.165, 1.54) is 16.6 Å². The van der Waals surface area contributed by atoms with Crippen molar-refractivity contribution in [2.45, 2.75) is 64.7 Å². The molecule has 9 heteroatoms. The van der Waals surface area contributed by atoms with Crippen molar-refractivity contribution in [3.05, 3.63) is 20.8 Å². The Bertz CT molecular complexity index is 964. The summed E-state index contributed by atoms with van der Waals surface area (Å²) in [6.45, 7) is 8.26. The van der Waals surface area contributed by atoms with Crippen LogP contribution in [0, 0.1) is 5.92 Å². The van der Waals surface area contributed by atoms with Gasteiger partial charge in [0.1, 0.15) is 4.83 Å². The molecule has 0 saturated carbocycles. The number of thioether (sulfide) groups is 1. The number of thiophene rings is 1. The van der Waals surface area contributed by atoms with E-state index >= 15 is 0 Å². The Kier molecular flexibility index (Phi) is 6.44. The smallest absolute Gasteiger partial charge is 0.321 e. The maximum atomic E-state index is 13.1. The number of carbonyl (C=O) groups is 2. The zero-order chi connectivity index (χ0) is 20.4. The highest BCUT2D eigenvalue weighted by Crippen LogP contribution is 2.36. The highest BCUT2D eigenvalue weighted by Gasteiger charge is 2.24. The van der Waals surface area contributed by atoms with Crippen LogP contribution in [0.1, 0.15) is 44.6 Å². The third-order valence-corrected chi connectivity index (χ3v) is 6.83. The summed E-state index contributed by atoms with van der Waals surface area (Å²) in [5.41, 5.74) is 1.14. The van der Waals surface area contributed by atoms with Crippen molar-refractivity contribution in [1.29, 1.82) is 0 Å². The summed E-state index contributed by atoms with van der Waals surface area (Å²) < 4.78 is 1.62. The number of nitrogens with zero attached hydrogens (tertiary/aromatic N) is 2. The summed E-state index contributed by atoms with van der Waals surface area (Å²) in [6.07, 6.45) is 3.02. The molecule has 0 saturated heterocycles. The van der Waals surface area contributed by atoms with Gasteiger partial charge in [0, 0.05) is 17.5 Å². The molecule has 3 amide bonds. The van der Waals surface area contributed by atoms with E-state index in [2.05, 4.69) is 17.6 Å². The number of hydrogen-bond acceptors (Lipinski definition) is 6. The summed E-state index contributed by atoms with van der Waals surface area (Å²) in [7, 11) is 0. The van der Waals surface area contributed by atoms with Gasteiger partial charge in [-0.3, -0.25) is 19.5 Å². The fraction of sp³-hybridized carbons (Fsp3) is 0.579. The van der Waals surface area contributed by atoms with Crippen LogP contribution in [0.3, 0.4) is 0 Å². The molecule has 0 bridgehead atoms. The number of aryl methyl sites for hydroxylation is 1. The maximum Gasteiger partial charge on any atom is 0.321 e. The Morgan fingerprint density at radius 3 is 2.82 bits per heavy atom. The average molecular weight is 423 g/mol. The molecule has 2 heterocycles. The van der Waals surface area contributed by atoms with Crippen LogP contribution < -0.4 is 16.2 Å². The van der Waals surface area contributed by atoms with Crippen molar-refractivity contribution in [3.8, 4) is 0 Å².